The molecule has 6 aromatic rings. The highest BCUT2D eigenvalue weighted by atomic mass is 16.8. The maximum Gasteiger partial charge on any atom is 0.187 e. The minimum Gasteiger partial charge on any atom is -0.387 e. The minimum absolute atomic E-state index is 0.0415. The number of benzene rings is 6. The van der Waals surface area contributed by atoms with Gasteiger partial charge in [-0.25, -0.2) is 0 Å². The van der Waals surface area contributed by atoms with Crippen LogP contribution in [0.25, 0.3) is 0 Å². The fourth-order valence-electron chi connectivity index (χ4n) is 8.19. The second kappa shape index (κ2) is 25.1. The summed E-state index contributed by atoms with van der Waals surface area (Å²) in [6.07, 6.45) is -9.11. The van der Waals surface area contributed by atoms with Gasteiger partial charge in [0.05, 0.1) is 52.9 Å². The van der Waals surface area contributed by atoms with Crippen molar-refractivity contribution < 1.29 is 52.5 Å². The molecule has 0 aliphatic carbocycles. The Hall–Kier alpha value is -5.12. The second-order valence-corrected chi connectivity index (χ2v) is 16.5. The first-order valence-corrected chi connectivity index (χ1v) is 22.6. The van der Waals surface area contributed by atoms with Crippen molar-refractivity contribution in [2.24, 2.45) is 0 Å². The van der Waals surface area contributed by atoms with Crippen LogP contribution in [0.3, 0.4) is 0 Å². The average Bonchev–Trinajstić information content (AvgIpc) is 3.37. The number of aliphatic hydroxyl groups is 1. The summed E-state index contributed by atoms with van der Waals surface area (Å²) in [5, 5.41) is 12.2. The number of hydrogen-bond acceptors (Lipinski definition) is 11. The van der Waals surface area contributed by atoms with Crippen molar-refractivity contribution in [2.75, 3.05) is 20.3 Å². The van der Waals surface area contributed by atoms with E-state index in [0.717, 1.165) is 33.4 Å². The lowest BCUT2D eigenvalue weighted by Crippen LogP contribution is -2.66. The average molecular weight is 897 g/mol. The van der Waals surface area contributed by atoms with E-state index in [-0.39, 0.29) is 39.6 Å². The quantitative estimate of drug-likeness (QED) is 0.0668. The summed E-state index contributed by atoms with van der Waals surface area (Å²) in [6, 6.07) is 59.4. The van der Waals surface area contributed by atoms with Crippen molar-refractivity contribution >= 4 is 0 Å². The first kappa shape index (κ1) is 47.4. The molecule has 0 radical (unpaired) electrons. The molecule has 346 valence electrons. The van der Waals surface area contributed by atoms with Gasteiger partial charge in [-0.15, -0.1) is 0 Å². The van der Waals surface area contributed by atoms with Crippen LogP contribution in [0.4, 0.5) is 0 Å². The molecule has 8 rings (SSSR count). The summed E-state index contributed by atoms with van der Waals surface area (Å²) < 4.78 is 66.8. The lowest BCUT2D eigenvalue weighted by Gasteiger charge is -2.49. The van der Waals surface area contributed by atoms with E-state index in [4.69, 9.17) is 47.4 Å². The molecule has 0 bridgehead atoms. The predicted molar refractivity (Wildman–Crippen MR) is 247 cm³/mol. The van der Waals surface area contributed by atoms with Crippen LogP contribution in [0, 0.1) is 0 Å². The Kier molecular flexibility index (Phi) is 18.0. The van der Waals surface area contributed by atoms with Crippen LogP contribution >= 0.6 is 0 Å². The third-order valence-corrected chi connectivity index (χ3v) is 11.7. The first-order valence-electron chi connectivity index (χ1n) is 22.6. The topological polar surface area (TPSA) is 113 Å². The van der Waals surface area contributed by atoms with Gasteiger partial charge in [0.2, 0.25) is 0 Å². The Labute approximate surface area is 388 Å². The summed E-state index contributed by atoms with van der Waals surface area (Å²) in [5.74, 6) is 0. The van der Waals surface area contributed by atoms with Gasteiger partial charge in [0.25, 0.3) is 0 Å². The molecule has 11 nitrogen and oxygen atoms in total. The lowest BCUT2D eigenvalue weighted by atomic mass is 9.96. The second-order valence-electron chi connectivity index (χ2n) is 16.5. The van der Waals surface area contributed by atoms with Gasteiger partial charge in [0.1, 0.15) is 48.8 Å². The molecule has 2 saturated heterocycles. The zero-order valence-electron chi connectivity index (χ0n) is 37.3. The maximum absolute atomic E-state index is 12.2. The molecule has 0 spiro atoms. The highest BCUT2D eigenvalue weighted by Gasteiger charge is 2.54. The summed E-state index contributed by atoms with van der Waals surface area (Å²) in [4.78, 5) is 0. The Morgan fingerprint density at radius 3 is 1.08 bits per heavy atom. The van der Waals surface area contributed by atoms with Gasteiger partial charge < -0.3 is 52.5 Å². The third kappa shape index (κ3) is 13.5. The van der Waals surface area contributed by atoms with Crippen molar-refractivity contribution in [1.29, 1.82) is 0 Å². The van der Waals surface area contributed by atoms with Crippen LogP contribution in [0.5, 0.6) is 0 Å². The first-order chi connectivity index (χ1) is 32.6. The maximum atomic E-state index is 12.2. The third-order valence-electron chi connectivity index (χ3n) is 11.7. The smallest absolute Gasteiger partial charge is 0.187 e. The summed E-state index contributed by atoms with van der Waals surface area (Å²) in [6.45, 7) is 1.68. The van der Waals surface area contributed by atoms with E-state index in [1.165, 1.54) is 0 Å². The van der Waals surface area contributed by atoms with Crippen LogP contribution in [-0.4, -0.2) is 86.8 Å². The van der Waals surface area contributed by atoms with E-state index in [1.54, 1.807) is 7.11 Å². The number of ether oxygens (including phenoxy) is 10. The zero-order valence-corrected chi connectivity index (χ0v) is 37.3. The highest BCUT2D eigenvalue weighted by molar-refractivity contribution is 5.18. The predicted octanol–water partition coefficient (Wildman–Crippen LogP) is 8.60. The number of methoxy groups -OCH3 is 1. The van der Waals surface area contributed by atoms with Gasteiger partial charge >= 0.3 is 0 Å². The molecule has 2 fully saturated rings. The van der Waals surface area contributed by atoms with Gasteiger partial charge in [-0.1, -0.05) is 182 Å². The molecule has 2 heterocycles. The normalized spacial score (nSPS) is 25.4. The van der Waals surface area contributed by atoms with E-state index >= 15 is 0 Å². The standard InChI is InChI=1S/C55H60O11/c1-57-54-53(63-37-45-30-18-7-19-31-45)51(61-35-43-26-14-5-15-27-43)49(47(65-54)39-59-33-41-22-10-3-11-23-41)66-55-52(62-36-44-28-16-6-17-29-44)50(60-34-42-24-12-4-13-25-42)48(56)46(64-55)38-58-32-40-20-8-2-9-21-40/h2-31,46-56H,32-39H2,1H3/t46-,47-,48-,49+,50+,51+,52-,53-,54+,55-/m1/s1. The van der Waals surface area contributed by atoms with E-state index in [1.807, 2.05) is 182 Å². The zero-order chi connectivity index (χ0) is 45.2. The van der Waals surface area contributed by atoms with Gasteiger partial charge in [0, 0.05) is 7.11 Å². The van der Waals surface area contributed by atoms with Crippen molar-refractivity contribution in [2.45, 2.75) is 101 Å². The lowest BCUT2D eigenvalue weighted by molar-refractivity contribution is -0.373. The summed E-state index contributed by atoms with van der Waals surface area (Å²) in [5.41, 5.74) is 5.78. The van der Waals surface area contributed by atoms with Crippen LogP contribution in [0.2, 0.25) is 0 Å². The van der Waals surface area contributed by atoms with Gasteiger partial charge in [0.15, 0.2) is 12.6 Å². The van der Waals surface area contributed by atoms with Crippen LogP contribution in [0.1, 0.15) is 33.4 Å². The Balaban J connectivity index is 1.15. The molecule has 0 saturated carbocycles. The molecule has 0 amide bonds. The van der Waals surface area contributed by atoms with Crippen LogP contribution < -0.4 is 0 Å². The number of rotatable bonds is 23. The Morgan fingerprint density at radius 1 is 0.364 bits per heavy atom. The van der Waals surface area contributed by atoms with E-state index < -0.39 is 61.4 Å². The van der Waals surface area contributed by atoms with Gasteiger partial charge in [-0.3, -0.25) is 0 Å². The molecule has 6 aromatic carbocycles. The summed E-state index contributed by atoms with van der Waals surface area (Å²) >= 11 is 0. The number of aliphatic hydroxyl groups excluding tert-OH is 1. The molecule has 0 unspecified atom stereocenters. The molecular formula is C55H60O11. The van der Waals surface area contributed by atoms with Gasteiger partial charge in [-0.05, 0) is 33.4 Å². The fourth-order valence-corrected chi connectivity index (χ4v) is 8.19. The molecule has 2 aliphatic heterocycles. The molecule has 2 aliphatic rings. The molecule has 11 heteroatoms. The van der Waals surface area contributed by atoms with Crippen molar-refractivity contribution in [3.8, 4) is 0 Å². The van der Waals surface area contributed by atoms with Crippen LogP contribution in [-0.2, 0) is 87.0 Å². The molecule has 1 N–H and O–H groups in total. The Bertz CT molecular complexity index is 2220. The molecule has 66 heavy (non-hydrogen) atoms. The SMILES string of the molecule is CO[C@H]1O[C@H](COCc2ccccc2)[C@H](O[C@H]2O[C@H](COCc3ccccc3)[C@@H](O)[C@H](OCc3ccccc3)[C@H]2OCc2ccccc2)[C@H](OCc2ccccc2)[C@H]1OCc1ccccc1. The fraction of sp³-hybridized carbons (Fsp3) is 0.345. The van der Waals surface area contributed by atoms with E-state index in [2.05, 4.69) is 0 Å². The molecule has 0 aromatic heterocycles. The minimum atomic E-state index is -1.16. The summed E-state index contributed by atoms with van der Waals surface area (Å²) in [7, 11) is 1.59. The number of hydrogen-bond donors (Lipinski definition) is 1. The Morgan fingerprint density at radius 2 is 0.682 bits per heavy atom. The highest BCUT2D eigenvalue weighted by Crippen LogP contribution is 2.36. The van der Waals surface area contributed by atoms with Crippen molar-refractivity contribution in [3.63, 3.8) is 0 Å². The van der Waals surface area contributed by atoms with Crippen molar-refractivity contribution in [1.82, 2.24) is 0 Å². The van der Waals surface area contributed by atoms with E-state index in [9.17, 15) is 5.11 Å². The van der Waals surface area contributed by atoms with E-state index in [0.29, 0.717) is 13.2 Å². The van der Waals surface area contributed by atoms with Crippen LogP contribution in [0.15, 0.2) is 182 Å². The molecule has 10 atom stereocenters. The monoisotopic (exact) mass is 896 g/mol. The van der Waals surface area contributed by atoms with Gasteiger partial charge in [-0.2, -0.15) is 0 Å². The largest absolute Gasteiger partial charge is 0.387 e. The van der Waals surface area contributed by atoms with Crippen molar-refractivity contribution in [3.05, 3.63) is 215 Å². The molecular weight excluding hydrogens is 837 g/mol.